The second kappa shape index (κ2) is 6.17. The fourth-order valence-corrected chi connectivity index (χ4v) is 2.34. The van der Waals surface area contributed by atoms with Crippen LogP contribution in [-0.2, 0) is 16.0 Å². The molecule has 4 heteroatoms. The molecular formula is C13H16BrNO2. The van der Waals surface area contributed by atoms with Gasteiger partial charge < -0.3 is 10.1 Å². The summed E-state index contributed by atoms with van der Waals surface area (Å²) >= 11 is 3.44. The summed E-state index contributed by atoms with van der Waals surface area (Å²) in [4.78, 5) is 11.7. The minimum atomic E-state index is 0.0485. The quantitative estimate of drug-likeness (QED) is 0.926. The van der Waals surface area contributed by atoms with Gasteiger partial charge in [0.05, 0.1) is 12.5 Å². The molecule has 0 bridgehead atoms. The van der Waals surface area contributed by atoms with Crippen molar-refractivity contribution < 1.29 is 9.53 Å². The van der Waals surface area contributed by atoms with Gasteiger partial charge in [-0.1, -0.05) is 34.1 Å². The van der Waals surface area contributed by atoms with Crippen molar-refractivity contribution >= 4 is 21.8 Å². The fourth-order valence-electron chi connectivity index (χ4n) is 1.91. The van der Waals surface area contributed by atoms with Crippen LogP contribution in [-0.4, -0.2) is 25.2 Å². The first-order chi connectivity index (χ1) is 8.25. The zero-order valence-corrected chi connectivity index (χ0v) is 11.2. The largest absolute Gasteiger partial charge is 0.376 e. The molecule has 1 heterocycles. The maximum Gasteiger partial charge on any atom is 0.224 e. The number of carbonyl (C=O) groups is 1. The van der Waals surface area contributed by atoms with E-state index in [4.69, 9.17) is 4.74 Å². The zero-order chi connectivity index (χ0) is 12.1. The molecule has 0 aromatic heterocycles. The van der Waals surface area contributed by atoms with Crippen LogP contribution in [0.3, 0.4) is 0 Å². The first-order valence-electron chi connectivity index (χ1n) is 5.87. The van der Waals surface area contributed by atoms with E-state index in [1.165, 1.54) is 0 Å². The van der Waals surface area contributed by atoms with Crippen molar-refractivity contribution in [1.82, 2.24) is 5.32 Å². The van der Waals surface area contributed by atoms with Crippen LogP contribution < -0.4 is 5.32 Å². The van der Waals surface area contributed by atoms with Crippen LogP contribution in [0.5, 0.6) is 0 Å². The SMILES string of the molecule is O=C(Cc1ccccc1Br)NCC1CCCO1. The van der Waals surface area contributed by atoms with Gasteiger partial charge in [-0.3, -0.25) is 4.79 Å². The van der Waals surface area contributed by atoms with E-state index in [-0.39, 0.29) is 12.0 Å². The molecular weight excluding hydrogens is 282 g/mol. The Morgan fingerprint density at radius 2 is 2.29 bits per heavy atom. The van der Waals surface area contributed by atoms with Gasteiger partial charge in [-0.2, -0.15) is 0 Å². The first-order valence-corrected chi connectivity index (χ1v) is 6.66. The third-order valence-electron chi connectivity index (χ3n) is 2.86. The summed E-state index contributed by atoms with van der Waals surface area (Å²) in [6, 6.07) is 7.78. The van der Waals surface area contributed by atoms with Crippen LogP contribution in [0, 0.1) is 0 Å². The average molecular weight is 298 g/mol. The summed E-state index contributed by atoms with van der Waals surface area (Å²) in [5.74, 6) is 0.0485. The highest BCUT2D eigenvalue weighted by Gasteiger charge is 2.16. The third kappa shape index (κ3) is 3.82. The Morgan fingerprint density at radius 1 is 1.47 bits per heavy atom. The lowest BCUT2D eigenvalue weighted by Gasteiger charge is -2.11. The smallest absolute Gasteiger partial charge is 0.224 e. The average Bonchev–Trinajstić information content (AvgIpc) is 2.82. The van der Waals surface area contributed by atoms with E-state index in [1.54, 1.807) is 0 Å². The van der Waals surface area contributed by atoms with Crippen LogP contribution in [0.4, 0.5) is 0 Å². The summed E-state index contributed by atoms with van der Waals surface area (Å²) in [7, 11) is 0. The van der Waals surface area contributed by atoms with Gasteiger partial charge in [-0.25, -0.2) is 0 Å². The molecule has 0 spiro atoms. The molecule has 1 amide bonds. The molecule has 2 rings (SSSR count). The molecule has 1 atom stereocenters. The molecule has 1 fully saturated rings. The number of amides is 1. The van der Waals surface area contributed by atoms with Crippen LogP contribution >= 0.6 is 15.9 Å². The number of nitrogens with one attached hydrogen (secondary N) is 1. The summed E-state index contributed by atoms with van der Waals surface area (Å²) < 4.78 is 6.43. The van der Waals surface area contributed by atoms with Gasteiger partial charge in [0.2, 0.25) is 5.91 Å². The molecule has 1 aliphatic heterocycles. The summed E-state index contributed by atoms with van der Waals surface area (Å²) in [5.41, 5.74) is 1.01. The summed E-state index contributed by atoms with van der Waals surface area (Å²) in [5, 5.41) is 2.92. The Bertz CT molecular complexity index is 389. The number of carbonyl (C=O) groups excluding carboxylic acids is 1. The Kier molecular flexibility index (Phi) is 4.57. The molecule has 0 saturated carbocycles. The van der Waals surface area contributed by atoms with E-state index in [2.05, 4.69) is 21.2 Å². The van der Waals surface area contributed by atoms with Gasteiger partial charge >= 0.3 is 0 Å². The summed E-state index contributed by atoms with van der Waals surface area (Å²) in [6.45, 7) is 1.45. The van der Waals surface area contributed by atoms with E-state index < -0.39 is 0 Å². The van der Waals surface area contributed by atoms with Gasteiger partial charge in [-0.05, 0) is 24.5 Å². The predicted octanol–water partition coefficient (Wildman–Crippen LogP) is 2.29. The second-order valence-electron chi connectivity index (χ2n) is 4.21. The zero-order valence-electron chi connectivity index (χ0n) is 9.62. The Labute approximate surface area is 110 Å². The van der Waals surface area contributed by atoms with E-state index in [1.807, 2.05) is 24.3 Å². The first kappa shape index (κ1) is 12.6. The Hall–Kier alpha value is -0.870. The van der Waals surface area contributed by atoms with Crippen LogP contribution in [0.2, 0.25) is 0 Å². The van der Waals surface area contributed by atoms with Crippen molar-refractivity contribution in [3.05, 3.63) is 34.3 Å². The highest BCUT2D eigenvalue weighted by atomic mass is 79.9. The molecule has 1 saturated heterocycles. The second-order valence-corrected chi connectivity index (χ2v) is 5.06. The van der Waals surface area contributed by atoms with E-state index >= 15 is 0 Å². The summed E-state index contributed by atoms with van der Waals surface area (Å²) in [6.07, 6.45) is 2.77. The van der Waals surface area contributed by atoms with Gasteiger partial charge in [-0.15, -0.1) is 0 Å². The van der Waals surface area contributed by atoms with Crippen LogP contribution in [0.25, 0.3) is 0 Å². The third-order valence-corrected chi connectivity index (χ3v) is 3.63. The standard InChI is InChI=1S/C13H16BrNO2/c14-12-6-2-1-4-10(12)8-13(16)15-9-11-5-3-7-17-11/h1-2,4,6,11H,3,5,7-9H2,(H,15,16). The number of ether oxygens (including phenoxy) is 1. The van der Waals surface area contributed by atoms with Gasteiger partial charge in [0.25, 0.3) is 0 Å². The topological polar surface area (TPSA) is 38.3 Å². The number of benzene rings is 1. The lowest BCUT2D eigenvalue weighted by molar-refractivity contribution is -0.120. The van der Waals surface area contributed by atoms with Gasteiger partial charge in [0.1, 0.15) is 0 Å². The normalized spacial score (nSPS) is 19.2. The molecule has 92 valence electrons. The molecule has 17 heavy (non-hydrogen) atoms. The monoisotopic (exact) mass is 297 g/mol. The lowest BCUT2D eigenvalue weighted by atomic mass is 10.1. The Balaban J connectivity index is 1.79. The highest BCUT2D eigenvalue weighted by molar-refractivity contribution is 9.10. The van der Waals surface area contributed by atoms with E-state index in [0.717, 1.165) is 29.5 Å². The minimum absolute atomic E-state index is 0.0485. The van der Waals surface area contributed by atoms with Crippen molar-refractivity contribution in [2.24, 2.45) is 0 Å². The lowest BCUT2D eigenvalue weighted by Crippen LogP contribution is -2.32. The van der Waals surface area contributed by atoms with Gasteiger partial charge in [0.15, 0.2) is 0 Å². The number of halogens is 1. The molecule has 0 aliphatic carbocycles. The van der Waals surface area contributed by atoms with Crippen molar-refractivity contribution in [3.8, 4) is 0 Å². The van der Waals surface area contributed by atoms with E-state index in [9.17, 15) is 4.79 Å². The maximum absolute atomic E-state index is 11.7. The molecule has 1 aromatic carbocycles. The van der Waals surface area contributed by atoms with Crippen LogP contribution in [0.15, 0.2) is 28.7 Å². The van der Waals surface area contributed by atoms with Crippen molar-refractivity contribution in [1.29, 1.82) is 0 Å². The minimum Gasteiger partial charge on any atom is -0.376 e. The van der Waals surface area contributed by atoms with Gasteiger partial charge in [0, 0.05) is 17.6 Å². The van der Waals surface area contributed by atoms with Crippen LogP contribution in [0.1, 0.15) is 18.4 Å². The number of rotatable bonds is 4. The molecule has 1 unspecified atom stereocenters. The molecule has 1 aromatic rings. The van der Waals surface area contributed by atoms with Crippen molar-refractivity contribution in [2.45, 2.75) is 25.4 Å². The molecule has 1 N–H and O–H groups in total. The van der Waals surface area contributed by atoms with Crippen molar-refractivity contribution in [2.75, 3.05) is 13.2 Å². The fraction of sp³-hybridized carbons (Fsp3) is 0.462. The maximum atomic E-state index is 11.7. The molecule has 0 radical (unpaired) electrons. The van der Waals surface area contributed by atoms with Crippen molar-refractivity contribution in [3.63, 3.8) is 0 Å². The molecule has 3 nitrogen and oxygen atoms in total. The number of hydrogen-bond donors (Lipinski definition) is 1. The highest BCUT2D eigenvalue weighted by Crippen LogP contribution is 2.16. The predicted molar refractivity (Wildman–Crippen MR) is 69.8 cm³/mol. The van der Waals surface area contributed by atoms with E-state index in [0.29, 0.717) is 13.0 Å². The molecule has 1 aliphatic rings. The number of hydrogen-bond acceptors (Lipinski definition) is 2. The Morgan fingerprint density at radius 3 is 3.00 bits per heavy atom.